The van der Waals surface area contributed by atoms with Crippen LogP contribution in [0.1, 0.15) is 18.1 Å². The first-order valence-electron chi connectivity index (χ1n) is 9.29. The Balaban J connectivity index is 1.74. The second-order valence-electron chi connectivity index (χ2n) is 6.74. The van der Waals surface area contributed by atoms with Crippen LogP contribution in [0.15, 0.2) is 60.8 Å². The molecule has 1 unspecified atom stereocenters. The summed E-state index contributed by atoms with van der Waals surface area (Å²) in [6.07, 6.45) is 0.788. The van der Waals surface area contributed by atoms with E-state index in [1.54, 1.807) is 18.3 Å². The molecule has 0 saturated heterocycles. The van der Waals surface area contributed by atoms with Crippen molar-refractivity contribution in [2.75, 3.05) is 12.4 Å². The number of rotatable bonds is 8. The Labute approximate surface area is 170 Å². The lowest BCUT2D eigenvalue weighted by Crippen LogP contribution is -2.23. The Morgan fingerprint density at radius 2 is 1.90 bits per heavy atom. The number of carboxylic acid groups (broad SMARTS) is 1. The third kappa shape index (κ3) is 5.25. The van der Waals surface area contributed by atoms with Crippen molar-refractivity contribution in [2.24, 2.45) is 0 Å². The minimum atomic E-state index is -1.04. The zero-order chi connectivity index (χ0) is 20.8. The van der Waals surface area contributed by atoms with Gasteiger partial charge in [0.15, 0.2) is 17.6 Å². The molecule has 0 aliphatic carbocycles. The van der Waals surface area contributed by atoms with Crippen molar-refractivity contribution in [3.63, 3.8) is 0 Å². The summed E-state index contributed by atoms with van der Waals surface area (Å²) in [6.45, 7) is 4.24. The minimum absolute atomic E-state index is 0.376. The van der Waals surface area contributed by atoms with Gasteiger partial charge in [0.25, 0.3) is 0 Å². The van der Waals surface area contributed by atoms with Gasteiger partial charge in [-0.25, -0.2) is 9.78 Å². The van der Waals surface area contributed by atoms with Crippen LogP contribution in [0.5, 0.6) is 11.5 Å². The predicted octanol–water partition coefficient (Wildman–Crippen LogP) is 4.53. The van der Waals surface area contributed by atoms with E-state index in [0.717, 1.165) is 16.9 Å². The summed E-state index contributed by atoms with van der Waals surface area (Å²) in [7, 11) is 1.52. The van der Waals surface area contributed by atoms with Gasteiger partial charge in [0.1, 0.15) is 5.82 Å². The van der Waals surface area contributed by atoms with Crippen LogP contribution < -0.4 is 14.8 Å². The van der Waals surface area contributed by atoms with Crippen molar-refractivity contribution in [1.82, 2.24) is 4.98 Å². The molecule has 3 rings (SSSR count). The van der Waals surface area contributed by atoms with E-state index < -0.39 is 12.1 Å². The van der Waals surface area contributed by atoms with E-state index in [-0.39, 0.29) is 0 Å². The molecule has 0 saturated carbocycles. The monoisotopic (exact) mass is 392 g/mol. The minimum Gasteiger partial charge on any atom is -0.493 e. The number of nitrogens with zero attached hydrogens (tertiary/aromatic N) is 1. The molecule has 1 aromatic heterocycles. The molecule has 6 nitrogen and oxygen atoms in total. The second-order valence-corrected chi connectivity index (χ2v) is 6.74. The maximum atomic E-state index is 11.1. The van der Waals surface area contributed by atoms with Crippen LogP contribution in [0.4, 0.5) is 5.82 Å². The molecule has 29 heavy (non-hydrogen) atoms. The molecule has 0 amide bonds. The number of aromatic nitrogens is 1. The van der Waals surface area contributed by atoms with Gasteiger partial charge in [-0.1, -0.05) is 35.9 Å². The SMILES string of the molecule is COc1ccc(-c2ccc(NCc3cccc(C)c3)nc2)cc1OC(C)C(=O)O. The Morgan fingerprint density at radius 1 is 1.10 bits per heavy atom. The van der Waals surface area contributed by atoms with E-state index in [1.807, 2.05) is 24.3 Å². The van der Waals surface area contributed by atoms with Crippen molar-refractivity contribution < 1.29 is 19.4 Å². The fraction of sp³-hybridized carbons (Fsp3) is 0.217. The number of carbonyl (C=O) groups is 1. The molecule has 2 aromatic carbocycles. The first-order chi connectivity index (χ1) is 14.0. The van der Waals surface area contributed by atoms with Gasteiger partial charge in [0, 0.05) is 18.3 Å². The van der Waals surface area contributed by atoms with Crippen molar-refractivity contribution in [2.45, 2.75) is 26.5 Å². The quantitative estimate of drug-likeness (QED) is 0.586. The predicted molar refractivity (Wildman–Crippen MR) is 112 cm³/mol. The second kappa shape index (κ2) is 9.10. The fourth-order valence-corrected chi connectivity index (χ4v) is 2.87. The summed E-state index contributed by atoms with van der Waals surface area (Å²) >= 11 is 0. The molecule has 0 spiro atoms. The third-order valence-electron chi connectivity index (χ3n) is 4.47. The highest BCUT2D eigenvalue weighted by Crippen LogP contribution is 2.33. The number of aliphatic carboxylic acids is 1. The average molecular weight is 392 g/mol. The van der Waals surface area contributed by atoms with E-state index in [9.17, 15) is 4.79 Å². The first-order valence-corrected chi connectivity index (χ1v) is 9.29. The normalized spacial score (nSPS) is 11.6. The Bertz CT molecular complexity index is 986. The van der Waals surface area contributed by atoms with Crippen LogP contribution in [0.3, 0.4) is 0 Å². The standard InChI is InChI=1S/C23H24N2O4/c1-15-5-4-6-17(11-15)13-24-22-10-8-19(14-25-22)18-7-9-20(28-3)21(12-18)29-16(2)23(26)27/h4-12,14,16H,13H2,1-3H3,(H,24,25)(H,26,27). The number of anilines is 1. The summed E-state index contributed by atoms with van der Waals surface area (Å²) in [4.78, 5) is 15.6. The maximum Gasteiger partial charge on any atom is 0.344 e. The van der Waals surface area contributed by atoms with E-state index in [1.165, 1.54) is 25.2 Å². The van der Waals surface area contributed by atoms with Gasteiger partial charge in [-0.15, -0.1) is 0 Å². The fourth-order valence-electron chi connectivity index (χ4n) is 2.87. The van der Waals surface area contributed by atoms with Gasteiger partial charge in [-0.2, -0.15) is 0 Å². The highest BCUT2D eigenvalue weighted by Gasteiger charge is 2.16. The largest absolute Gasteiger partial charge is 0.493 e. The molecule has 1 atom stereocenters. The number of aryl methyl sites for hydroxylation is 1. The van der Waals surface area contributed by atoms with Crippen molar-refractivity contribution in [3.8, 4) is 22.6 Å². The molecule has 6 heteroatoms. The van der Waals surface area contributed by atoms with E-state index in [0.29, 0.717) is 18.0 Å². The van der Waals surface area contributed by atoms with Crippen molar-refractivity contribution >= 4 is 11.8 Å². The van der Waals surface area contributed by atoms with Crippen LogP contribution in [-0.2, 0) is 11.3 Å². The molecule has 0 aliphatic heterocycles. The molecule has 0 bridgehead atoms. The summed E-state index contributed by atoms with van der Waals surface area (Å²) in [5.41, 5.74) is 4.17. The van der Waals surface area contributed by atoms with Gasteiger partial charge in [-0.3, -0.25) is 0 Å². The Morgan fingerprint density at radius 3 is 2.55 bits per heavy atom. The number of benzene rings is 2. The van der Waals surface area contributed by atoms with Gasteiger partial charge in [0.2, 0.25) is 0 Å². The topological polar surface area (TPSA) is 80.7 Å². The summed E-state index contributed by atoms with van der Waals surface area (Å²) in [5, 5.41) is 12.4. The number of nitrogens with one attached hydrogen (secondary N) is 1. The average Bonchev–Trinajstić information content (AvgIpc) is 2.72. The maximum absolute atomic E-state index is 11.1. The van der Waals surface area contributed by atoms with Crippen LogP contribution in [0.2, 0.25) is 0 Å². The molecule has 0 fully saturated rings. The molecule has 0 aliphatic rings. The lowest BCUT2D eigenvalue weighted by molar-refractivity contribution is -0.144. The lowest BCUT2D eigenvalue weighted by Gasteiger charge is -2.15. The summed E-state index contributed by atoms with van der Waals surface area (Å²) < 4.78 is 10.8. The highest BCUT2D eigenvalue weighted by molar-refractivity contribution is 5.73. The van der Waals surface area contributed by atoms with Gasteiger partial charge in [0.05, 0.1) is 7.11 Å². The lowest BCUT2D eigenvalue weighted by atomic mass is 10.1. The zero-order valence-electron chi connectivity index (χ0n) is 16.7. The Kier molecular flexibility index (Phi) is 6.34. The zero-order valence-corrected chi connectivity index (χ0v) is 16.7. The molecular formula is C23H24N2O4. The number of pyridine rings is 1. The number of ether oxygens (including phenoxy) is 2. The van der Waals surface area contributed by atoms with Gasteiger partial charge >= 0.3 is 5.97 Å². The first kappa shape index (κ1) is 20.2. The van der Waals surface area contributed by atoms with Crippen molar-refractivity contribution in [1.29, 1.82) is 0 Å². The van der Waals surface area contributed by atoms with Crippen molar-refractivity contribution in [3.05, 3.63) is 71.9 Å². The van der Waals surface area contributed by atoms with Crippen LogP contribution in [0, 0.1) is 6.92 Å². The molecule has 0 radical (unpaired) electrons. The third-order valence-corrected chi connectivity index (χ3v) is 4.47. The number of hydrogen-bond acceptors (Lipinski definition) is 5. The van der Waals surface area contributed by atoms with Gasteiger partial charge < -0.3 is 19.9 Å². The summed E-state index contributed by atoms with van der Waals surface area (Å²) in [5.74, 6) is 0.593. The molecule has 1 heterocycles. The molecule has 3 aromatic rings. The molecule has 2 N–H and O–H groups in total. The number of carboxylic acids is 1. The van der Waals surface area contributed by atoms with Gasteiger partial charge in [-0.05, 0) is 49.2 Å². The molecular weight excluding hydrogens is 368 g/mol. The van der Waals surface area contributed by atoms with E-state index in [2.05, 4.69) is 35.4 Å². The Hall–Kier alpha value is -3.54. The number of methoxy groups -OCH3 is 1. The van der Waals surface area contributed by atoms with Crippen LogP contribution in [-0.4, -0.2) is 29.3 Å². The van der Waals surface area contributed by atoms with Crippen LogP contribution >= 0.6 is 0 Å². The van der Waals surface area contributed by atoms with Crippen LogP contribution in [0.25, 0.3) is 11.1 Å². The smallest absolute Gasteiger partial charge is 0.344 e. The highest BCUT2D eigenvalue weighted by atomic mass is 16.5. The summed E-state index contributed by atoms with van der Waals surface area (Å²) in [6, 6.07) is 17.6. The molecule has 150 valence electrons. The number of hydrogen-bond donors (Lipinski definition) is 2. The van der Waals surface area contributed by atoms with E-state index >= 15 is 0 Å². The van der Waals surface area contributed by atoms with E-state index in [4.69, 9.17) is 14.6 Å².